The van der Waals surface area contributed by atoms with Crippen molar-refractivity contribution in [2.75, 3.05) is 5.32 Å². The molecule has 0 saturated carbocycles. The van der Waals surface area contributed by atoms with E-state index in [4.69, 9.17) is 0 Å². The second-order valence-corrected chi connectivity index (χ2v) is 6.53. The smallest absolute Gasteiger partial charge is 0.270 e. The first-order chi connectivity index (χ1) is 14.6. The van der Waals surface area contributed by atoms with Crippen molar-refractivity contribution < 1.29 is 9.72 Å². The lowest BCUT2D eigenvalue weighted by Crippen LogP contribution is -2.07. The highest BCUT2D eigenvalue weighted by atomic mass is 16.6. The van der Waals surface area contributed by atoms with Gasteiger partial charge in [0.05, 0.1) is 4.92 Å². The molecular formula is C23H16N4O3. The van der Waals surface area contributed by atoms with Gasteiger partial charge in [-0.25, -0.2) is 9.97 Å². The third-order valence-corrected chi connectivity index (χ3v) is 4.43. The standard InChI is InChI=1S/C23H16N4O3/c28-22(26-20-10-9-17-4-1-2-5-18(17)12-20)11-8-16-14-24-23(25-15-16)19-6-3-7-21(13-19)27(29)30/h1-15H,(H,26,28). The topological polar surface area (TPSA) is 98.0 Å². The van der Waals surface area contributed by atoms with Gasteiger partial charge in [0, 0.05) is 47.4 Å². The van der Waals surface area contributed by atoms with Crippen LogP contribution in [0.5, 0.6) is 0 Å². The molecule has 0 unspecified atom stereocenters. The number of benzene rings is 3. The van der Waals surface area contributed by atoms with Crippen molar-refractivity contribution in [1.82, 2.24) is 9.97 Å². The average molecular weight is 396 g/mol. The molecule has 0 radical (unpaired) electrons. The molecule has 1 N–H and O–H groups in total. The van der Waals surface area contributed by atoms with Crippen LogP contribution in [-0.4, -0.2) is 20.8 Å². The molecular weight excluding hydrogens is 380 g/mol. The number of hydrogen-bond acceptors (Lipinski definition) is 5. The van der Waals surface area contributed by atoms with Gasteiger partial charge in [0.15, 0.2) is 5.82 Å². The quantitative estimate of drug-likeness (QED) is 0.295. The fourth-order valence-electron chi connectivity index (χ4n) is 2.95. The van der Waals surface area contributed by atoms with Crippen LogP contribution in [0, 0.1) is 10.1 Å². The van der Waals surface area contributed by atoms with E-state index in [0.717, 1.165) is 10.8 Å². The number of nitrogens with zero attached hydrogens (tertiary/aromatic N) is 3. The maximum atomic E-state index is 12.2. The van der Waals surface area contributed by atoms with Crippen LogP contribution in [0.3, 0.4) is 0 Å². The second-order valence-electron chi connectivity index (χ2n) is 6.53. The van der Waals surface area contributed by atoms with E-state index in [9.17, 15) is 14.9 Å². The predicted octanol–water partition coefficient (Wildman–Crippen LogP) is 4.86. The number of hydrogen-bond donors (Lipinski definition) is 1. The van der Waals surface area contributed by atoms with E-state index in [-0.39, 0.29) is 11.6 Å². The molecule has 4 rings (SSSR count). The van der Waals surface area contributed by atoms with E-state index in [1.807, 2.05) is 42.5 Å². The van der Waals surface area contributed by atoms with Crippen molar-refractivity contribution in [2.24, 2.45) is 0 Å². The number of carbonyl (C=O) groups excluding carboxylic acids is 1. The molecule has 4 aromatic rings. The summed E-state index contributed by atoms with van der Waals surface area (Å²) in [7, 11) is 0. The van der Waals surface area contributed by atoms with Crippen molar-refractivity contribution in [3.8, 4) is 11.4 Å². The normalized spacial score (nSPS) is 10.9. The second kappa shape index (κ2) is 8.32. The van der Waals surface area contributed by atoms with Crippen LogP contribution in [0.25, 0.3) is 28.2 Å². The van der Waals surface area contributed by atoms with Gasteiger partial charge in [0.1, 0.15) is 0 Å². The summed E-state index contributed by atoms with van der Waals surface area (Å²) in [6, 6.07) is 19.8. The molecule has 0 aliphatic carbocycles. The minimum absolute atomic E-state index is 0.0227. The first-order valence-corrected chi connectivity index (χ1v) is 9.13. The molecule has 1 aromatic heterocycles. The highest BCUT2D eigenvalue weighted by molar-refractivity contribution is 6.03. The Bertz CT molecular complexity index is 1270. The van der Waals surface area contributed by atoms with Crippen LogP contribution < -0.4 is 5.32 Å². The number of non-ortho nitro benzene ring substituents is 1. The molecule has 0 spiro atoms. The van der Waals surface area contributed by atoms with Gasteiger partial charge < -0.3 is 5.32 Å². The van der Waals surface area contributed by atoms with E-state index >= 15 is 0 Å². The van der Waals surface area contributed by atoms with Crippen LogP contribution in [0.1, 0.15) is 5.56 Å². The van der Waals surface area contributed by atoms with Crippen molar-refractivity contribution in [3.05, 3.63) is 101 Å². The molecule has 7 heteroatoms. The third kappa shape index (κ3) is 4.36. The van der Waals surface area contributed by atoms with E-state index in [2.05, 4.69) is 15.3 Å². The summed E-state index contributed by atoms with van der Waals surface area (Å²) in [6.07, 6.45) is 6.12. The first kappa shape index (κ1) is 18.9. The number of nitro benzene ring substituents is 1. The number of rotatable bonds is 5. The number of fused-ring (bicyclic) bond motifs is 1. The zero-order chi connectivity index (χ0) is 20.9. The maximum absolute atomic E-state index is 12.2. The molecule has 1 heterocycles. The number of aromatic nitrogens is 2. The van der Waals surface area contributed by atoms with Crippen LogP contribution in [0.15, 0.2) is 85.2 Å². The van der Waals surface area contributed by atoms with E-state index in [1.165, 1.54) is 18.2 Å². The maximum Gasteiger partial charge on any atom is 0.270 e. The SMILES string of the molecule is O=C(C=Cc1cnc(-c2cccc([N+](=O)[O-])c2)nc1)Nc1ccc2ccccc2c1. The van der Waals surface area contributed by atoms with Crippen molar-refractivity contribution in [2.45, 2.75) is 0 Å². The van der Waals surface area contributed by atoms with Gasteiger partial charge >= 0.3 is 0 Å². The lowest BCUT2D eigenvalue weighted by Gasteiger charge is -2.04. The van der Waals surface area contributed by atoms with Gasteiger partial charge in [-0.3, -0.25) is 14.9 Å². The zero-order valence-corrected chi connectivity index (χ0v) is 15.7. The number of nitrogens with one attached hydrogen (secondary N) is 1. The molecule has 0 aliphatic heterocycles. The minimum Gasteiger partial charge on any atom is -0.322 e. The van der Waals surface area contributed by atoms with Crippen LogP contribution >= 0.6 is 0 Å². The van der Waals surface area contributed by atoms with E-state index in [0.29, 0.717) is 22.6 Å². The Morgan fingerprint density at radius 2 is 1.70 bits per heavy atom. The summed E-state index contributed by atoms with van der Waals surface area (Å²) in [5.74, 6) is 0.101. The molecule has 0 atom stereocenters. The van der Waals surface area contributed by atoms with Crippen LogP contribution in [0.4, 0.5) is 11.4 Å². The fourth-order valence-corrected chi connectivity index (χ4v) is 2.95. The van der Waals surface area contributed by atoms with Gasteiger partial charge in [-0.1, -0.05) is 42.5 Å². The Morgan fingerprint density at radius 1 is 0.933 bits per heavy atom. The van der Waals surface area contributed by atoms with Crippen molar-refractivity contribution in [3.63, 3.8) is 0 Å². The summed E-state index contributed by atoms with van der Waals surface area (Å²) >= 11 is 0. The number of amides is 1. The van der Waals surface area contributed by atoms with Gasteiger partial charge in [-0.05, 0) is 29.0 Å². The summed E-state index contributed by atoms with van der Waals surface area (Å²) in [4.78, 5) is 31.1. The Hall–Kier alpha value is -4.39. The first-order valence-electron chi connectivity index (χ1n) is 9.13. The van der Waals surface area contributed by atoms with Crippen LogP contribution in [-0.2, 0) is 4.79 Å². The Labute approximate surface area is 171 Å². The van der Waals surface area contributed by atoms with Gasteiger partial charge in [0.25, 0.3) is 5.69 Å². The Balaban J connectivity index is 1.44. The molecule has 0 fully saturated rings. The number of nitro groups is 1. The molecule has 30 heavy (non-hydrogen) atoms. The summed E-state index contributed by atoms with van der Waals surface area (Å²) in [5.41, 5.74) is 1.87. The number of anilines is 1. The summed E-state index contributed by atoms with van der Waals surface area (Å²) in [5, 5.41) is 15.9. The minimum atomic E-state index is -0.464. The van der Waals surface area contributed by atoms with Gasteiger partial charge in [-0.15, -0.1) is 0 Å². The van der Waals surface area contributed by atoms with Crippen LogP contribution in [0.2, 0.25) is 0 Å². The highest BCUT2D eigenvalue weighted by Gasteiger charge is 2.08. The Kier molecular flexibility index (Phi) is 5.25. The number of carbonyl (C=O) groups is 1. The highest BCUT2D eigenvalue weighted by Crippen LogP contribution is 2.21. The lowest BCUT2D eigenvalue weighted by molar-refractivity contribution is -0.384. The molecule has 0 aliphatic rings. The molecule has 146 valence electrons. The molecule has 7 nitrogen and oxygen atoms in total. The zero-order valence-electron chi connectivity index (χ0n) is 15.7. The van der Waals surface area contributed by atoms with E-state index in [1.54, 1.807) is 30.6 Å². The van der Waals surface area contributed by atoms with Crippen molar-refractivity contribution in [1.29, 1.82) is 0 Å². The average Bonchev–Trinajstić information content (AvgIpc) is 2.78. The van der Waals surface area contributed by atoms with E-state index < -0.39 is 4.92 Å². The molecule has 1 amide bonds. The third-order valence-electron chi connectivity index (χ3n) is 4.43. The molecule has 0 bridgehead atoms. The summed E-state index contributed by atoms with van der Waals surface area (Å²) in [6.45, 7) is 0. The molecule has 3 aromatic carbocycles. The summed E-state index contributed by atoms with van der Waals surface area (Å²) < 4.78 is 0. The van der Waals surface area contributed by atoms with Crippen molar-refractivity contribution >= 4 is 34.1 Å². The van der Waals surface area contributed by atoms with Gasteiger partial charge in [-0.2, -0.15) is 0 Å². The van der Waals surface area contributed by atoms with Gasteiger partial charge in [0.2, 0.25) is 5.91 Å². The lowest BCUT2D eigenvalue weighted by atomic mass is 10.1. The largest absolute Gasteiger partial charge is 0.322 e. The Morgan fingerprint density at radius 3 is 2.47 bits per heavy atom. The molecule has 0 saturated heterocycles. The predicted molar refractivity (Wildman–Crippen MR) is 116 cm³/mol. The fraction of sp³-hybridized carbons (Fsp3) is 0. The monoisotopic (exact) mass is 396 g/mol.